The van der Waals surface area contributed by atoms with Crippen LogP contribution in [0.5, 0.6) is 0 Å². The van der Waals surface area contributed by atoms with Crippen molar-refractivity contribution in [3.63, 3.8) is 0 Å². The molecule has 0 fully saturated rings. The molecule has 0 aromatic heterocycles. The molecule has 0 heterocycles. The summed E-state index contributed by atoms with van der Waals surface area (Å²) in [5.74, 6) is 0. The van der Waals surface area contributed by atoms with Crippen LogP contribution in [0.1, 0.15) is 0 Å². The summed E-state index contributed by atoms with van der Waals surface area (Å²) in [6, 6.07) is 0. The summed E-state index contributed by atoms with van der Waals surface area (Å²) >= 11 is 0. The van der Waals surface area contributed by atoms with Crippen LogP contribution in [0.15, 0.2) is 0 Å². The SMILES string of the molecule is N.N.N.O=P(O)(O)O.[KH]. The molecular formula is H13KN3O4P. The molecule has 0 aliphatic carbocycles. The van der Waals surface area contributed by atoms with Crippen LogP contribution in [-0.2, 0) is 4.57 Å². The molecule has 0 saturated carbocycles. The van der Waals surface area contributed by atoms with E-state index in [1.807, 2.05) is 0 Å². The molecule has 9 heteroatoms. The molecular weight excluding hydrogens is 176 g/mol. The molecule has 12 N–H and O–H groups in total. The van der Waals surface area contributed by atoms with Gasteiger partial charge < -0.3 is 33.1 Å². The van der Waals surface area contributed by atoms with Crippen LogP contribution in [-0.4, -0.2) is 66.1 Å². The van der Waals surface area contributed by atoms with Crippen LogP contribution in [0.4, 0.5) is 0 Å². The van der Waals surface area contributed by atoms with Gasteiger partial charge in [0.25, 0.3) is 0 Å². The van der Waals surface area contributed by atoms with E-state index in [2.05, 4.69) is 0 Å². The Balaban J connectivity index is -0.0000000133. The van der Waals surface area contributed by atoms with Crippen LogP contribution in [0, 0.1) is 0 Å². The third-order valence-electron chi connectivity index (χ3n) is 0. The van der Waals surface area contributed by atoms with Crippen LogP contribution in [0.2, 0.25) is 0 Å². The van der Waals surface area contributed by atoms with E-state index < -0.39 is 7.82 Å². The monoisotopic (exact) mass is 189 g/mol. The zero-order chi connectivity index (χ0) is 4.50. The average molecular weight is 189 g/mol. The summed E-state index contributed by atoms with van der Waals surface area (Å²) < 4.78 is 8.88. The Kier molecular flexibility index (Phi) is 42.6. The Morgan fingerprint density at radius 3 is 0.889 bits per heavy atom. The minimum absolute atomic E-state index is 0. The van der Waals surface area contributed by atoms with E-state index in [0.717, 1.165) is 0 Å². The van der Waals surface area contributed by atoms with Crippen molar-refractivity contribution in [1.82, 2.24) is 18.5 Å². The first-order valence-corrected chi connectivity index (χ1v) is 2.35. The van der Waals surface area contributed by atoms with E-state index in [0.29, 0.717) is 0 Å². The first-order chi connectivity index (χ1) is 2.00. The standard InChI is InChI=1S/K.3H3N.H3O4P.H/c;;;;1-5(2,3)4;/h;3*1H3;(H3,1,2,3,4);. The van der Waals surface area contributed by atoms with Gasteiger partial charge in [-0.1, -0.05) is 0 Å². The minimum atomic E-state index is -4.64. The molecule has 0 saturated heterocycles. The second-order valence-electron chi connectivity index (χ2n) is 0.513. The Labute approximate surface area is 95.6 Å². The molecule has 9 heavy (non-hydrogen) atoms. The summed E-state index contributed by atoms with van der Waals surface area (Å²) in [7, 11) is -4.64. The molecule has 0 atom stereocenters. The van der Waals surface area contributed by atoms with Crippen molar-refractivity contribution >= 4 is 59.2 Å². The van der Waals surface area contributed by atoms with Crippen LogP contribution >= 0.6 is 7.82 Å². The van der Waals surface area contributed by atoms with Crippen molar-refractivity contribution in [1.29, 1.82) is 0 Å². The Bertz CT molecular complexity index is 61.9. The van der Waals surface area contributed by atoms with E-state index in [4.69, 9.17) is 19.2 Å². The summed E-state index contributed by atoms with van der Waals surface area (Å²) in [5, 5.41) is 0. The second-order valence-corrected chi connectivity index (χ2v) is 1.54. The average Bonchev–Trinajstić information content (AvgIpc) is 0.722. The summed E-state index contributed by atoms with van der Waals surface area (Å²) in [6.45, 7) is 0. The molecule has 0 aliphatic rings. The van der Waals surface area contributed by atoms with Crippen molar-refractivity contribution in [3.05, 3.63) is 0 Å². The maximum absolute atomic E-state index is 8.88. The zero-order valence-electron chi connectivity index (χ0n) is 4.32. The number of hydrogen-bond donors (Lipinski definition) is 6. The van der Waals surface area contributed by atoms with Crippen molar-refractivity contribution < 1.29 is 19.2 Å². The first-order valence-electron chi connectivity index (χ1n) is 0.783. The van der Waals surface area contributed by atoms with Gasteiger partial charge in [-0.2, -0.15) is 0 Å². The fraction of sp³-hybridized carbons (Fsp3) is 0. The van der Waals surface area contributed by atoms with Gasteiger partial charge in [-0.25, -0.2) is 4.57 Å². The molecule has 0 amide bonds. The first kappa shape index (κ1) is 31.1. The Morgan fingerprint density at radius 1 is 0.889 bits per heavy atom. The number of phosphoric acid groups is 1. The normalized spacial score (nSPS) is 6.56. The second kappa shape index (κ2) is 12.3. The van der Waals surface area contributed by atoms with Crippen molar-refractivity contribution in [3.8, 4) is 0 Å². The molecule has 0 aromatic carbocycles. The summed E-state index contributed by atoms with van der Waals surface area (Å²) in [5.41, 5.74) is 0. The molecule has 7 nitrogen and oxygen atoms in total. The predicted octanol–water partition coefficient (Wildman–Crippen LogP) is -1.09. The van der Waals surface area contributed by atoms with Gasteiger partial charge in [0.1, 0.15) is 0 Å². The van der Waals surface area contributed by atoms with Gasteiger partial charge >= 0.3 is 59.2 Å². The van der Waals surface area contributed by atoms with Gasteiger partial charge in [-0.3, -0.25) is 0 Å². The Hall–Kier alpha value is 1.63. The molecule has 0 aromatic rings. The van der Waals surface area contributed by atoms with E-state index in [9.17, 15) is 0 Å². The molecule has 0 rings (SSSR count). The van der Waals surface area contributed by atoms with Gasteiger partial charge in [0.2, 0.25) is 0 Å². The van der Waals surface area contributed by atoms with Gasteiger partial charge in [0.15, 0.2) is 0 Å². The van der Waals surface area contributed by atoms with E-state index in [1.165, 1.54) is 0 Å². The van der Waals surface area contributed by atoms with Gasteiger partial charge in [0.05, 0.1) is 0 Å². The van der Waals surface area contributed by atoms with Crippen LogP contribution < -0.4 is 18.5 Å². The number of rotatable bonds is 0. The third-order valence-corrected chi connectivity index (χ3v) is 0. The topological polar surface area (TPSA) is 183 Å². The Morgan fingerprint density at radius 2 is 0.889 bits per heavy atom. The number of hydrogen-bond acceptors (Lipinski definition) is 4. The predicted molar refractivity (Wildman–Crippen MR) is 36.5 cm³/mol. The van der Waals surface area contributed by atoms with E-state index in [1.54, 1.807) is 0 Å². The summed E-state index contributed by atoms with van der Waals surface area (Å²) in [4.78, 5) is 21.6. The van der Waals surface area contributed by atoms with Crippen molar-refractivity contribution in [2.75, 3.05) is 0 Å². The van der Waals surface area contributed by atoms with Crippen LogP contribution in [0.3, 0.4) is 0 Å². The molecule has 0 spiro atoms. The maximum atomic E-state index is 8.88. The molecule has 0 bridgehead atoms. The van der Waals surface area contributed by atoms with Gasteiger partial charge in [-0.15, -0.1) is 0 Å². The molecule has 0 radical (unpaired) electrons. The van der Waals surface area contributed by atoms with Crippen molar-refractivity contribution in [2.45, 2.75) is 0 Å². The van der Waals surface area contributed by atoms with Crippen LogP contribution in [0.25, 0.3) is 0 Å². The molecule has 58 valence electrons. The third kappa shape index (κ3) is 212. The van der Waals surface area contributed by atoms with Gasteiger partial charge in [0, 0.05) is 0 Å². The van der Waals surface area contributed by atoms with Gasteiger partial charge in [-0.05, 0) is 0 Å². The summed E-state index contributed by atoms with van der Waals surface area (Å²) in [6.07, 6.45) is 0. The fourth-order valence-electron chi connectivity index (χ4n) is 0. The van der Waals surface area contributed by atoms with Crippen molar-refractivity contribution in [2.24, 2.45) is 0 Å². The van der Waals surface area contributed by atoms with E-state index >= 15 is 0 Å². The van der Waals surface area contributed by atoms with E-state index in [-0.39, 0.29) is 69.8 Å². The quantitative estimate of drug-likeness (QED) is 0.206. The molecule has 0 unspecified atom stereocenters. The fourth-order valence-corrected chi connectivity index (χ4v) is 0. The zero-order valence-corrected chi connectivity index (χ0v) is 5.21. The molecule has 0 aliphatic heterocycles.